The monoisotopic (exact) mass is 463 g/mol. The van der Waals surface area contributed by atoms with E-state index >= 15 is 0 Å². The third-order valence-corrected chi connectivity index (χ3v) is 7.10. The van der Waals surface area contributed by atoms with E-state index in [4.69, 9.17) is 23.2 Å². The van der Waals surface area contributed by atoms with Crippen molar-refractivity contribution >= 4 is 29.2 Å². The molecule has 2 amide bonds. The number of urea groups is 1. The third kappa shape index (κ3) is 4.97. The molecule has 0 spiro atoms. The summed E-state index contributed by atoms with van der Waals surface area (Å²) < 4.78 is 0. The van der Waals surface area contributed by atoms with Crippen LogP contribution in [-0.2, 0) is 0 Å². The van der Waals surface area contributed by atoms with Crippen LogP contribution in [0, 0.1) is 12.3 Å². The lowest BCUT2D eigenvalue weighted by atomic mass is 9.78. The van der Waals surface area contributed by atoms with Crippen LogP contribution in [0.4, 0.5) is 4.79 Å². The van der Waals surface area contributed by atoms with Crippen molar-refractivity contribution in [3.05, 3.63) is 45.8 Å². The van der Waals surface area contributed by atoms with Crippen molar-refractivity contribution in [3.8, 4) is 11.3 Å². The van der Waals surface area contributed by atoms with Gasteiger partial charge in [-0.15, -0.1) is 0 Å². The smallest absolute Gasteiger partial charge is 0.317 e. The summed E-state index contributed by atoms with van der Waals surface area (Å²) in [5.41, 5.74) is 2.98. The lowest BCUT2D eigenvalue weighted by Crippen LogP contribution is -2.57. The zero-order valence-electron chi connectivity index (χ0n) is 19.0. The van der Waals surface area contributed by atoms with E-state index in [2.05, 4.69) is 41.1 Å². The Kier molecular flexibility index (Phi) is 7.14. The van der Waals surface area contributed by atoms with E-state index in [0.29, 0.717) is 15.7 Å². The number of aromatic nitrogens is 2. The van der Waals surface area contributed by atoms with Gasteiger partial charge in [-0.3, -0.25) is 9.97 Å². The molecule has 1 aliphatic heterocycles. The topological polar surface area (TPSA) is 61.4 Å². The predicted molar refractivity (Wildman–Crippen MR) is 127 cm³/mol. The molecule has 2 aromatic rings. The molecule has 8 heteroatoms. The number of aryl methyl sites for hydroxylation is 1. The fraction of sp³-hybridized carbons (Fsp3) is 0.522. The zero-order chi connectivity index (χ0) is 22.9. The first-order chi connectivity index (χ1) is 14.5. The van der Waals surface area contributed by atoms with Crippen molar-refractivity contribution in [1.29, 1.82) is 0 Å². The SMILES string of the molecule is Cc1nccnc1-c1ccc(C(C)NC(=O)N(C)[C@@H]2CCN(C)CC2(C)C)c(Cl)c1Cl. The van der Waals surface area contributed by atoms with Gasteiger partial charge in [0.1, 0.15) is 0 Å². The van der Waals surface area contributed by atoms with Gasteiger partial charge in [-0.2, -0.15) is 0 Å². The van der Waals surface area contributed by atoms with Gasteiger partial charge >= 0.3 is 6.03 Å². The Hall–Kier alpha value is -1.89. The molecular weight excluding hydrogens is 433 g/mol. The van der Waals surface area contributed by atoms with Crippen LogP contribution < -0.4 is 5.32 Å². The predicted octanol–water partition coefficient (Wildman–Crippen LogP) is 5.19. The molecule has 31 heavy (non-hydrogen) atoms. The molecule has 3 rings (SSSR count). The van der Waals surface area contributed by atoms with Crippen LogP contribution in [0.2, 0.25) is 10.0 Å². The van der Waals surface area contributed by atoms with Gasteiger partial charge in [0.2, 0.25) is 0 Å². The number of nitrogens with one attached hydrogen (secondary N) is 1. The van der Waals surface area contributed by atoms with E-state index < -0.39 is 0 Å². The van der Waals surface area contributed by atoms with Crippen molar-refractivity contribution in [3.63, 3.8) is 0 Å². The first-order valence-electron chi connectivity index (χ1n) is 10.5. The minimum absolute atomic E-state index is 0.0134. The fourth-order valence-electron chi connectivity index (χ4n) is 4.59. The van der Waals surface area contributed by atoms with E-state index in [-0.39, 0.29) is 23.5 Å². The van der Waals surface area contributed by atoms with Crippen molar-refractivity contribution in [2.24, 2.45) is 5.41 Å². The molecule has 1 N–H and O–H groups in total. The average molecular weight is 464 g/mol. The van der Waals surface area contributed by atoms with Gasteiger partial charge in [-0.25, -0.2) is 4.79 Å². The molecule has 0 radical (unpaired) electrons. The number of piperidine rings is 1. The van der Waals surface area contributed by atoms with Crippen LogP contribution in [0.3, 0.4) is 0 Å². The second-order valence-electron chi connectivity index (χ2n) is 9.13. The Bertz CT molecular complexity index is 965. The summed E-state index contributed by atoms with van der Waals surface area (Å²) >= 11 is 13.2. The summed E-state index contributed by atoms with van der Waals surface area (Å²) in [4.78, 5) is 25.8. The van der Waals surface area contributed by atoms with Crippen molar-refractivity contribution in [1.82, 2.24) is 25.1 Å². The summed E-state index contributed by atoms with van der Waals surface area (Å²) in [6, 6.07) is 3.52. The van der Waals surface area contributed by atoms with E-state index in [1.165, 1.54) is 0 Å². The molecule has 0 saturated carbocycles. The summed E-state index contributed by atoms with van der Waals surface area (Å²) in [6.45, 7) is 10.1. The van der Waals surface area contributed by atoms with Crippen LogP contribution in [0.1, 0.15) is 44.5 Å². The minimum atomic E-state index is -0.300. The molecule has 1 aromatic heterocycles. The molecule has 168 valence electrons. The first-order valence-corrected chi connectivity index (χ1v) is 11.3. The number of amides is 2. The molecule has 1 fully saturated rings. The van der Waals surface area contributed by atoms with Gasteiger partial charge in [-0.05, 0) is 44.8 Å². The lowest BCUT2D eigenvalue weighted by Gasteiger charge is -2.47. The van der Waals surface area contributed by atoms with Gasteiger partial charge in [0.25, 0.3) is 0 Å². The highest BCUT2D eigenvalue weighted by atomic mass is 35.5. The maximum atomic E-state index is 13.0. The zero-order valence-corrected chi connectivity index (χ0v) is 20.6. The molecule has 1 saturated heterocycles. The Morgan fingerprint density at radius 2 is 1.94 bits per heavy atom. The first kappa shape index (κ1) is 23.8. The molecular formula is C23H31Cl2N5O. The van der Waals surface area contributed by atoms with Gasteiger partial charge in [0.05, 0.1) is 27.5 Å². The molecule has 2 atom stereocenters. The molecule has 1 unspecified atom stereocenters. The highest BCUT2D eigenvalue weighted by molar-refractivity contribution is 6.44. The van der Waals surface area contributed by atoms with Crippen molar-refractivity contribution in [2.75, 3.05) is 27.2 Å². The lowest BCUT2D eigenvalue weighted by molar-refractivity contribution is 0.0446. The van der Waals surface area contributed by atoms with E-state index in [9.17, 15) is 4.79 Å². The Morgan fingerprint density at radius 3 is 2.58 bits per heavy atom. The Morgan fingerprint density at radius 1 is 1.26 bits per heavy atom. The number of carbonyl (C=O) groups is 1. The molecule has 6 nitrogen and oxygen atoms in total. The van der Waals surface area contributed by atoms with Gasteiger partial charge in [0, 0.05) is 37.6 Å². The number of carbonyl (C=O) groups excluding carboxylic acids is 1. The Balaban J connectivity index is 1.77. The number of nitrogens with zero attached hydrogens (tertiary/aromatic N) is 4. The summed E-state index contributed by atoms with van der Waals surface area (Å²) in [5.74, 6) is 0. The number of likely N-dealkylation sites (tertiary alicyclic amines) is 1. The number of halogens is 2. The second kappa shape index (κ2) is 9.31. The Labute approximate surface area is 195 Å². The third-order valence-electron chi connectivity index (χ3n) is 6.21. The fourth-order valence-corrected chi connectivity index (χ4v) is 5.18. The normalized spacial score (nSPS) is 19.7. The molecule has 1 aromatic carbocycles. The van der Waals surface area contributed by atoms with Crippen molar-refractivity contribution < 1.29 is 4.79 Å². The summed E-state index contributed by atoms with van der Waals surface area (Å²) in [6.07, 6.45) is 4.21. The van der Waals surface area contributed by atoms with E-state index in [1.807, 2.05) is 37.9 Å². The minimum Gasteiger partial charge on any atom is -0.331 e. The maximum Gasteiger partial charge on any atom is 0.317 e. The number of rotatable bonds is 4. The number of hydrogen-bond donors (Lipinski definition) is 1. The summed E-state index contributed by atoms with van der Waals surface area (Å²) in [7, 11) is 3.99. The maximum absolute atomic E-state index is 13.0. The molecule has 2 heterocycles. The average Bonchev–Trinajstić information content (AvgIpc) is 2.69. The molecule has 1 aliphatic rings. The van der Waals surface area contributed by atoms with Crippen LogP contribution >= 0.6 is 23.2 Å². The highest BCUT2D eigenvalue weighted by Gasteiger charge is 2.39. The highest BCUT2D eigenvalue weighted by Crippen LogP contribution is 2.38. The quantitative estimate of drug-likeness (QED) is 0.677. The van der Waals surface area contributed by atoms with Gasteiger partial charge in [0.15, 0.2) is 0 Å². The van der Waals surface area contributed by atoms with E-state index in [0.717, 1.165) is 36.3 Å². The molecule has 0 aliphatic carbocycles. The standard InChI is InChI=1S/C23H31Cl2N5O/c1-14(28-22(31)30(6)18-9-12-29(5)13-23(18,3)4)16-7-8-17(20(25)19(16)24)21-15(2)26-10-11-27-21/h7-8,10-11,14,18H,9,12-13H2,1-6H3,(H,28,31)/t14?,18-/m1/s1. The van der Waals surface area contributed by atoms with Crippen LogP contribution in [0.15, 0.2) is 24.5 Å². The van der Waals surface area contributed by atoms with Gasteiger partial charge in [-0.1, -0.05) is 49.2 Å². The van der Waals surface area contributed by atoms with E-state index in [1.54, 1.807) is 12.4 Å². The van der Waals surface area contributed by atoms with Crippen LogP contribution in [0.5, 0.6) is 0 Å². The largest absolute Gasteiger partial charge is 0.331 e. The van der Waals surface area contributed by atoms with Crippen LogP contribution in [-0.4, -0.2) is 59.0 Å². The van der Waals surface area contributed by atoms with Crippen molar-refractivity contribution in [2.45, 2.75) is 46.2 Å². The summed E-state index contributed by atoms with van der Waals surface area (Å²) in [5, 5.41) is 3.91. The number of hydrogen-bond acceptors (Lipinski definition) is 4. The van der Waals surface area contributed by atoms with Crippen LogP contribution in [0.25, 0.3) is 11.3 Å². The molecule has 0 bridgehead atoms. The van der Waals surface area contributed by atoms with Gasteiger partial charge < -0.3 is 15.1 Å². The number of benzene rings is 1. The second-order valence-corrected chi connectivity index (χ2v) is 9.89.